The van der Waals surface area contributed by atoms with Crippen LogP contribution in [0.15, 0.2) is 36.7 Å². The smallest absolute Gasteiger partial charge is 0.258 e. The van der Waals surface area contributed by atoms with Gasteiger partial charge in [0.05, 0.1) is 5.56 Å². The van der Waals surface area contributed by atoms with Gasteiger partial charge in [0.1, 0.15) is 5.82 Å². The van der Waals surface area contributed by atoms with Crippen LogP contribution in [0.1, 0.15) is 10.4 Å². The van der Waals surface area contributed by atoms with Crippen molar-refractivity contribution in [2.75, 3.05) is 36.4 Å². The van der Waals surface area contributed by atoms with Gasteiger partial charge in [0.15, 0.2) is 0 Å². The minimum Gasteiger partial charge on any atom is -0.342 e. The summed E-state index contributed by atoms with van der Waals surface area (Å²) in [5.41, 5.74) is 0.810. The second kappa shape index (κ2) is 7.03. The second-order valence-corrected chi connectivity index (χ2v) is 5.36. The van der Waals surface area contributed by atoms with Crippen LogP contribution in [0.25, 0.3) is 0 Å². The number of carbonyl (C=O) groups excluding carboxylic acids is 2. The zero-order chi connectivity index (χ0) is 16.9. The van der Waals surface area contributed by atoms with E-state index in [-0.39, 0.29) is 11.7 Å². The van der Waals surface area contributed by atoms with Crippen molar-refractivity contribution in [3.05, 3.63) is 48.0 Å². The average Bonchev–Trinajstić information content (AvgIpc) is 2.64. The lowest BCUT2D eigenvalue weighted by atomic mass is 10.2. The summed E-state index contributed by atoms with van der Waals surface area (Å²) >= 11 is 0. The highest BCUT2D eigenvalue weighted by Gasteiger charge is 2.18. The molecule has 1 aliphatic rings. The number of piperazine rings is 1. The second-order valence-electron chi connectivity index (χ2n) is 5.36. The molecule has 24 heavy (non-hydrogen) atoms. The molecule has 2 amide bonds. The molecule has 1 saturated heterocycles. The van der Waals surface area contributed by atoms with Gasteiger partial charge in [-0.3, -0.25) is 9.59 Å². The fourth-order valence-corrected chi connectivity index (χ4v) is 2.37. The Morgan fingerprint density at radius 3 is 2.29 bits per heavy atom. The molecule has 0 radical (unpaired) electrons. The molecule has 2 heterocycles. The van der Waals surface area contributed by atoms with Gasteiger partial charge in [-0.25, -0.2) is 14.4 Å². The van der Waals surface area contributed by atoms with E-state index in [4.69, 9.17) is 0 Å². The standard InChI is InChI=1S/C16H16FN5O2/c17-13-1-3-14(4-2-13)20-15(24)12-9-18-16(19-10-12)22-7-5-21(11-23)6-8-22/h1-4,9-11H,5-8H2,(H,20,24). The molecule has 2 aromatic rings. The van der Waals surface area contributed by atoms with Gasteiger partial charge in [-0.1, -0.05) is 0 Å². The molecule has 8 heteroatoms. The number of benzene rings is 1. The predicted octanol–water partition coefficient (Wildman–Crippen LogP) is 1.15. The van der Waals surface area contributed by atoms with Gasteiger partial charge in [-0.2, -0.15) is 0 Å². The summed E-state index contributed by atoms with van der Waals surface area (Å²) in [6.45, 7) is 2.55. The Bertz CT molecular complexity index is 712. The Labute approximate surface area is 138 Å². The fraction of sp³-hybridized carbons (Fsp3) is 0.250. The van der Waals surface area contributed by atoms with Crippen LogP contribution in [-0.4, -0.2) is 53.4 Å². The van der Waals surface area contributed by atoms with Gasteiger partial charge in [0.25, 0.3) is 5.91 Å². The molecule has 1 aromatic heterocycles. The van der Waals surface area contributed by atoms with E-state index >= 15 is 0 Å². The van der Waals surface area contributed by atoms with E-state index in [9.17, 15) is 14.0 Å². The average molecular weight is 329 g/mol. The lowest BCUT2D eigenvalue weighted by Crippen LogP contribution is -2.46. The van der Waals surface area contributed by atoms with Crippen molar-refractivity contribution in [2.45, 2.75) is 0 Å². The molecule has 124 valence electrons. The Balaban J connectivity index is 1.62. The molecule has 1 aliphatic heterocycles. The number of nitrogens with zero attached hydrogens (tertiary/aromatic N) is 4. The Morgan fingerprint density at radius 1 is 1.08 bits per heavy atom. The maximum Gasteiger partial charge on any atom is 0.258 e. The molecule has 0 bridgehead atoms. The number of nitrogens with one attached hydrogen (secondary N) is 1. The van der Waals surface area contributed by atoms with Crippen molar-refractivity contribution in [3.8, 4) is 0 Å². The van der Waals surface area contributed by atoms with E-state index in [1.54, 1.807) is 4.90 Å². The molecule has 0 unspecified atom stereocenters. The van der Waals surface area contributed by atoms with Gasteiger partial charge in [0.2, 0.25) is 12.4 Å². The third kappa shape index (κ3) is 3.65. The van der Waals surface area contributed by atoms with E-state index in [0.29, 0.717) is 43.4 Å². The number of halogens is 1. The van der Waals surface area contributed by atoms with E-state index in [0.717, 1.165) is 6.41 Å². The molecular weight excluding hydrogens is 313 g/mol. The zero-order valence-corrected chi connectivity index (χ0v) is 12.9. The summed E-state index contributed by atoms with van der Waals surface area (Å²) in [6, 6.07) is 5.51. The lowest BCUT2D eigenvalue weighted by molar-refractivity contribution is -0.118. The van der Waals surface area contributed by atoms with E-state index in [1.807, 2.05) is 4.90 Å². The van der Waals surface area contributed by atoms with Crippen LogP contribution in [0.5, 0.6) is 0 Å². The van der Waals surface area contributed by atoms with Gasteiger partial charge < -0.3 is 15.1 Å². The van der Waals surface area contributed by atoms with Gasteiger partial charge in [-0.15, -0.1) is 0 Å². The van der Waals surface area contributed by atoms with Gasteiger partial charge in [-0.05, 0) is 24.3 Å². The Hall–Kier alpha value is -3.03. The van der Waals surface area contributed by atoms with Gasteiger partial charge >= 0.3 is 0 Å². The number of anilines is 2. The first-order valence-electron chi connectivity index (χ1n) is 7.49. The first-order chi connectivity index (χ1) is 11.7. The summed E-state index contributed by atoms with van der Waals surface area (Å²) in [5.74, 6) is -0.201. The first-order valence-corrected chi connectivity index (χ1v) is 7.49. The first kappa shape index (κ1) is 15.9. The quantitative estimate of drug-likeness (QED) is 0.851. The van der Waals surface area contributed by atoms with Crippen LogP contribution in [0.3, 0.4) is 0 Å². The normalized spacial score (nSPS) is 14.4. The summed E-state index contributed by atoms with van der Waals surface area (Å²) in [7, 11) is 0. The third-order valence-electron chi connectivity index (χ3n) is 3.75. The highest BCUT2D eigenvalue weighted by molar-refractivity contribution is 6.03. The van der Waals surface area contributed by atoms with Crippen LogP contribution in [0.4, 0.5) is 16.0 Å². The van der Waals surface area contributed by atoms with Crippen LogP contribution in [0.2, 0.25) is 0 Å². The van der Waals surface area contributed by atoms with Crippen molar-refractivity contribution < 1.29 is 14.0 Å². The highest BCUT2D eigenvalue weighted by atomic mass is 19.1. The highest BCUT2D eigenvalue weighted by Crippen LogP contribution is 2.13. The largest absolute Gasteiger partial charge is 0.342 e. The van der Waals surface area contributed by atoms with Crippen LogP contribution in [-0.2, 0) is 4.79 Å². The minimum atomic E-state index is -0.365. The molecule has 0 atom stereocenters. The molecule has 1 aromatic carbocycles. The topological polar surface area (TPSA) is 78.4 Å². The number of hydrogen-bond acceptors (Lipinski definition) is 5. The van der Waals surface area contributed by atoms with Crippen molar-refractivity contribution in [3.63, 3.8) is 0 Å². The maximum absolute atomic E-state index is 12.9. The molecule has 7 nitrogen and oxygen atoms in total. The van der Waals surface area contributed by atoms with Gasteiger partial charge in [0, 0.05) is 44.3 Å². The third-order valence-corrected chi connectivity index (χ3v) is 3.75. The molecule has 1 fully saturated rings. The predicted molar refractivity (Wildman–Crippen MR) is 86.2 cm³/mol. The number of rotatable bonds is 4. The Kier molecular flexibility index (Phi) is 4.64. The summed E-state index contributed by atoms with van der Waals surface area (Å²) in [5, 5.41) is 2.65. The molecule has 0 spiro atoms. The number of carbonyl (C=O) groups is 2. The molecule has 3 rings (SSSR count). The Morgan fingerprint density at radius 2 is 1.71 bits per heavy atom. The monoisotopic (exact) mass is 329 g/mol. The van der Waals surface area contributed by atoms with E-state index in [1.165, 1.54) is 36.7 Å². The number of amides is 2. The fourth-order valence-electron chi connectivity index (χ4n) is 2.37. The van der Waals surface area contributed by atoms with Crippen molar-refractivity contribution in [1.82, 2.24) is 14.9 Å². The maximum atomic E-state index is 12.9. The number of hydrogen-bond donors (Lipinski definition) is 1. The van der Waals surface area contributed by atoms with E-state index < -0.39 is 0 Å². The van der Waals surface area contributed by atoms with Crippen LogP contribution in [0, 0.1) is 5.82 Å². The summed E-state index contributed by atoms with van der Waals surface area (Å²) < 4.78 is 12.9. The zero-order valence-electron chi connectivity index (χ0n) is 12.9. The van der Waals surface area contributed by atoms with E-state index in [2.05, 4.69) is 15.3 Å². The van der Waals surface area contributed by atoms with Crippen LogP contribution >= 0.6 is 0 Å². The number of aromatic nitrogens is 2. The van der Waals surface area contributed by atoms with Crippen molar-refractivity contribution >= 4 is 24.0 Å². The summed E-state index contributed by atoms with van der Waals surface area (Å²) in [4.78, 5) is 34.9. The molecular formula is C16H16FN5O2. The van der Waals surface area contributed by atoms with Crippen molar-refractivity contribution in [1.29, 1.82) is 0 Å². The lowest BCUT2D eigenvalue weighted by Gasteiger charge is -2.32. The SMILES string of the molecule is O=CN1CCN(c2ncc(C(=O)Nc3ccc(F)cc3)cn2)CC1. The van der Waals surface area contributed by atoms with Crippen LogP contribution < -0.4 is 10.2 Å². The molecule has 0 saturated carbocycles. The molecule has 0 aliphatic carbocycles. The van der Waals surface area contributed by atoms with Crippen molar-refractivity contribution in [2.24, 2.45) is 0 Å². The summed E-state index contributed by atoms with van der Waals surface area (Å²) in [6.07, 6.45) is 3.74. The minimum absolute atomic E-state index is 0.314. The molecule has 1 N–H and O–H groups in total.